The Kier molecular flexibility index (Phi) is 4.24. The Morgan fingerprint density at radius 3 is 2.59 bits per heavy atom. The van der Waals surface area contributed by atoms with Gasteiger partial charge in [-0.2, -0.15) is 0 Å². The molecule has 0 unspecified atom stereocenters. The molecule has 0 radical (unpaired) electrons. The number of fused-ring (bicyclic) bond motifs is 1. The van der Waals surface area contributed by atoms with Crippen molar-refractivity contribution in [3.8, 4) is 0 Å². The van der Waals surface area contributed by atoms with Crippen LogP contribution in [0.25, 0.3) is 10.9 Å². The van der Waals surface area contributed by atoms with E-state index in [0.29, 0.717) is 13.0 Å². The summed E-state index contributed by atoms with van der Waals surface area (Å²) in [6.07, 6.45) is 0.437. The molecule has 0 fully saturated rings. The van der Waals surface area contributed by atoms with Crippen LogP contribution in [0.1, 0.15) is 11.3 Å². The second kappa shape index (κ2) is 6.48. The van der Waals surface area contributed by atoms with Crippen molar-refractivity contribution in [2.24, 2.45) is 0 Å². The van der Waals surface area contributed by atoms with Crippen molar-refractivity contribution in [2.75, 3.05) is 6.54 Å². The minimum absolute atomic E-state index is 0.0697. The number of aromatic nitrogens is 1. The number of para-hydroxylation sites is 1. The highest BCUT2D eigenvalue weighted by Gasteiger charge is 2.06. The van der Waals surface area contributed by atoms with Crippen molar-refractivity contribution < 1.29 is 4.79 Å². The third-order valence-electron chi connectivity index (χ3n) is 3.88. The highest BCUT2D eigenvalue weighted by atomic mass is 16.1. The van der Waals surface area contributed by atoms with E-state index in [4.69, 9.17) is 0 Å². The average Bonchev–Trinajstić information content (AvgIpc) is 2.84. The molecule has 0 aliphatic rings. The molecule has 0 aliphatic carbocycles. The molecule has 3 heteroatoms. The van der Waals surface area contributed by atoms with Crippen LogP contribution >= 0.6 is 0 Å². The van der Waals surface area contributed by atoms with Gasteiger partial charge < -0.3 is 9.88 Å². The van der Waals surface area contributed by atoms with E-state index in [-0.39, 0.29) is 5.91 Å². The van der Waals surface area contributed by atoms with E-state index >= 15 is 0 Å². The SMILES string of the molecule is Cc1cc2ccccc2n1CCNC(=O)Cc1ccccc1. The van der Waals surface area contributed by atoms with E-state index in [2.05, 4.69) is 35.0 Å². The molecule has 1 heterocycles. The van der Waals surface area contributed by atoms with Gasteiger partial charge in [-0.15, -0.1) is 0 Å². The summed E-state index contributed by atoms with van der Waals surface area (Å²) < 4.78 is 2.25. The molecule has 1 N–H and O–H groups in total. The third kappa shape index (κ3) is 3.19. The van der Waals surface area contributed by atoms with E-state index in [1.165, 1.54) is 16.6 Å². The van der Waals surface area contributed by atoms with Crippen molar-refractivity contribution in [1.29, 1.82) is 0 Å². The van der Waals surface area contributed by atoms with Gasteiger partial charge in [-0.05, 0) is 30.0 Å². The smallest absolute Gasteiger partial charge is 0.224 e. The summed E-state index contributed by atoms with van der Waals surface area (Å²) in [7, 11) is 0. The maximum absolute atomic E-state index is 12.0. The first-order valence-corrected chi connectivity index (χ1v) is 7.59. The summed E-state index contributed by atoms with van der Waals surface area (Å²) in [4.78, 5) is 12.0. The third-order valence-corrected chi connectivity index (χ3v) is 3.88. The van der Waals surface area contributed by atoms with Gasteiger partial charge in [-0.3, -0.25) is 4.79 Å². The topological polar surface area (TPSA) is 34.0 Å². The standard InChI is InChI=1S/C19H20N2O/c1-15-13-17-9-5-6-10-18(17)21(15)12-11-20-19(22)14-16-7-3-2-4-8-16/h2-10,13H,11-12,14H2,1H3,(H,20,22). The first-order valence-electron chi connectivity index (χ1n) is 7.59. The molecule has 3 nitrogen and oxygen atoms in total. The number of nitrogens with zero attached hydrogens (tertiary/aromatic N) is 1. The van der Waals surface area contributed by atoms with Gasteiger partial charge in [-0.1, -0.05) is 48.5 Å². The van der Waals surface area contributed by atoms with Crippen LogP contribution in [0.3, 0.4) is 0 Å². The normalized spacial score (nSPS) is 10.8. The highest BCUT2D eigenvalue weighted by Crippen LogP contribution is 2.18. The number of nitrogens with one attached hydrogen (secondary N) is 1. The zero-order chi connectivity index (χ0) is 15.4. The maximum Gasteiger partial charge on any atom is 0.224 e. The molecule has 1 amide bonds. The summed E-state index contributed by atoms with van der Waals surface area (Å²) in [6, 6.07) is 20.3. The van der Waals surface area contributed by atoms with Crippen LogP contribution in [0.2, 0.25) is 0 Å². The molecule has 22 heavy (non-hydrogen) atoms. The lowest BCUT2D eigenvalue weighted by molar-refractivity contribution is -0.120. The van der Waals surface area contributed by atoms with Crippen LogP contribution in [-0.2, 0) is 17.8 Å². The average molecular weight is 292 g/mol. The Balaban J connectivity index is 1.58. The molecule has 112 valence electrons. The molecular weight excluding hydrogens is 272 g/mol. The molecule has 0 spiro atoms. The fourth-order valence-corrected chi connectivity index (χ4v) is 2.80. The predicted octanol–water partition coefficient (Wildman–Crippen LogP) is 3.31. The van der Waals surface area contributed by atoms with E-state index in [1.807, 2.05) is 42.5 Å². The van der Waals surface area contributed by atoms with Gasteiger partial charge in [0.15, 0.2) is 0 Å². The number of hydrogen-bond donors (Lipinski definition) is 1. The fraction of sp³-hybridized carbons (Fsp3) is 0.211. The molecule has 0 aliphatic heterocycles. The number of carbonyl (C=O) groups excluding carboxylic acids is 1. The fourth-order valence-electron chi connectivity index (χ4n) is 2.80. The zero-order valence-electron chi connectivity index (χ0n) is 12.8. The molecular formula is C19H20N2O. The molecule has 3 rings (SSSR count). The molecule has 0 atom stereocenters. The molecule has 0 saturated carbocycles. The van der Waals surface area contributed by atoms with Crippen LogP contribution in [-0.4, -0.2) is 17.0 Å². The van der Waals surface area contributed by atoms with Gasteiger partial charge in [0.1, 0.15) is 0 Å². The van der Waals surface area contributed by atoms with Crippen LogP contribution < -0.4 is 5.32 Å². The van der Waals surface area contributed by atoms with E-state index in [0.717, 1.165) is 12.1 Å². The Bertz CT molecular complexity index is 774. The Morgan fingerprint density at radius 1 is 1.05 bits per heavy atom. The lowest BCUT2D eigenvalue weighted by atomic mass is 10.1. The summed E-state index contributed by atoms with van der Waals surface area (Å²) in [5.74, 6) is 0.0697. The first-order chi connectivity index (χ1) is 10.7. The van der Waals surface area contributed by atoms with Gasteiger partial charge in [0.25, 0.3) is 0 Å². The molecule has 3 aromatic rings. The van der Waals surface area contributed by atoms with Crippen molar-refractivity contribution >= 4 is 16.8 Å². The van der Waals surface area contributed by atoms with Crippen molar-refractivity contribution in [2.45, 2.75) is 19.9 Å². The number of amides is 1. The first kappa shape index (κ1) is 14.4. The van der Waals surface area contributed by atoms with Crippen LogP contribution in [0.5, 0.6) is 0 Å². The number of rotatable bonds is 5. The number of hydrogen-bond acceptors (Lipinski definition) is 1. The van der Waals surface area contributed by atoms with Crippen LogP contribution in [0.4, 0.5) is 0 Å². The van der Waals surface area contributed by atoms with Crippen molar-refractivity contribution in [1.82, 2.24) is 9.88 Å². The van der Waals surface area contributed by atoms with Crippen molar-refractivity contribution in [3.63, 3.8) is 0 Å². The van der Waals surface area contributed by atoms with Gasteiger partial charge in [0.05, 0.1) is 6.42 Å². The van der Waals surface area contributed by atoms with E-state index in [1.54, 1.807) is 0 Å². The summed E-state index contributed by atoms with van der Waals surface area (Å²) in [5.41, 5.74) is 3.48. The largest absolute Gasteiger partial charge is 0.354 e. The number of benzene rings is 2. The minimum atomic E-state index is 0.0697. The van der Waals surface area contributed by atoms with E-state index in [9.17, 15) is 4.79 Å². The maximum atomic E-state index is 12.0. The van der Waals surface area contributed by atoms with E-state index < -0.39 is 0 Å². The van der Waals surface area contributed by atoms with Gasteiger partial charge in [0.2, 0.25) is 5.91 Å². The lowest BCUT2D eigenvalue weighted by Crippen LogP contribution is -2.28. The minimum Gasteiger partial charge on any atom is -0.354 e. The van der Waals surface area contributed by atoms with Crippen molar-refractivity contribution in [3.05, 3.63) is 71.9 Å². The van der Waals surface area contributed by atoms with Gasteiger partial charge >= 0.3 is 0 Å². The quantitative estimate of drug-likeness (QED) is 0.769. The highest BCUT2D eigenvalue weighted by molar-refractivity contribution is 5.81. The Labute approximate surface area is 130 Å². The molecule has 1 aromatic heterocycles. The Hall–Kier alpha value is -2.55. The summed E-state index contributed by atoms with van der Waals surface area (Å²) in [6.45, 7) is 3.54. The predicted molar refractivity (Wildman–Crippen MR) is 89.8 cm³/mol. The molecule has 0 saturated heterocycles. The number of carbonyl (C=O) groups is 1. The Morgan fingerprint density at radius 2 is 1.77 bits per heavy atom. The second-order valence-electron chi connectivity index (χ2n) is 5.51. The summed E-state index contributed by atoms with van der Waals surface area (Å²) in [5, 5.41) is 4.25. The monoisotopic (exact) mass is 292 g/mol. The molecule has 2 aromatic carbocycles. The molecule has 0 bridgehead atoms. The lowest BCUT2D eigenvalue weighted by Gasteiger charge is -2.10. The van der Waals surface area contributed by atoms with Gasteiger partial charge in [0, 0.05) is 24.3 Å². The zero-order valence-corrected chi connectivity index (χ0v) is 12.8. The van der Waals surface area contributed by atoms with Crippen LogP contribution in [0.15, 0.2) is 60.7 Å². The second-order valence-corrected chi connectivity index (χ2v) is 5.51. The van der Waals surface area contributed by atoms with Gasteiger partial charge in [-0.25, -0.2) is 0 Å². The number of aryl methyl sites for hydroxylation is 1. The van der Waals surface area contributed by atoms with Crippen LogP contribution in [0, 0.1) is 6.92 Å². The summed E-state index contributed by atoms with van der Waals surface area (Å²) >= 11 is 0.